The Morgan fingerprint density at radius 1 is 1.20 bits per heavy atom. The summed E-state index contributed by atoms with van der Waals surface area (Å²) < 4.78 is 20.5. The van der Waals surface area contributed by atoms with Gasteiger partial charge in [-0.3, -0.25) is 9.69 Å². The number of anilines is 1. The summed E-state index contributed by atoms with van der Waals surface area (Å²) in [5, 5.41) is 8.91. The topological polar surface area (TPSA) is 68.2 Å². The van der Waals surface area contributed by atoms with E-state index in [0.717, 1.165) is 16.9 Å². The molecule has 6 nitrogen and oxygen atoms in total. The molecule has 154 valence electrons. The lowest BCUT2D eigenvalue weighted by atomic mass is 10.0. The van der Waals surface area contributed by atoms with E-state index in [-0.39, 0.29) is 18.2 Å². The molecule has 0 fully saturated rings. The maximum Gasteiger partial charge on any atom is 0.247 e. The molecule has 2 aromatic carbocycles. The Hall–Kier alpha value is -3.00. The highest BCUT2D eigenvalue weighted by atomic mass is 32.2. The molecule has 3 aromatic rings. The Labute approximate surface area is 178 Å². The molecule has 1 atom stereocenters. The van der Waals surface area contributed by atoms with Crippen molar-refractivity contribution in [3.63, 3.8) is 0 Å². The van der Waals surface area contributed by atoms with Crippen LogP contribution in [-0.2, 0) is 4.79 Å². The second-order valence-electron chi connectivity index (χ2n) is 6.79. The summed E-state index contributed by atoms with van der Waals surface area (Å²) in [6.07, 6.45) is -0.505. The molecule has 2 heterocycles. The lowest BCUT2D eigenvalue weighted by molar-refractivity contribution is -0.120. The molecular weight excluding hydrogens is 403 g/mol. The molecule has 8 heteroatoms. The van der Waals surface area contributed by atoms with Gasteiger partial charge in [0.05, 0.1) is 5.69 Å². The molecule has 1 aliphatic rings. The normalized spacial score (nSPS) is 15.1. The van der Waals surface area contributed by atoms with E-state index in [1.807, 2.05) is 38.1 Å². The van der Waals surface area contributed by atoms with Gasteiger partial charge in [0.1, 0.15) is 5.82 Å². The molecule has 0 radical (unpaired) electrons. The van der Waals surface area contributed by atoms with Gasteiger partial charge in [-0.05, 0) is 36.4 Å². The van der Waals surface area contributed by atoms with E-state index in [9.17, 15) is 9.18 Å². The second-order valence-corrected chi connectivity index (χ2v) is 8.02. The van der Waals surface area contributed by atoms with Crippen molar-refractivity contribution >= 4 is 23.4 Å². The Morgan fingerprint density at radius 3 is 2.73 bits per heavy atom. The summed E-state index contributed by atoms with van der Waals surface area (Å²) in [5.41, 5.74) is 3.05. The van der Waals surface area contributed by atoms with Gasteiger partial charge in [0.2, 0.25) is 23.2 Å². The number of hydrogen-bond acceptors (Lipinski definition) is 6. The van der Waals surface area contributed by atoms with Crippen LogP contribution in [0.3, 0.4) is 0 Å². The van der Waals surface area contributed by atoms with Crippen LogP contribution in [-0.4, -0.2) is 26.8 Å². The van der Waals surface area contributed by atoms with E-state index < -0.39 is 12.0 Å². The minimum Gasteiger partial charge on any atom is -0.447 e. The van der Waals surface area contributed by atoms with E-state index in [1.54, 1.807) is 17.9 Å². The van der Waals surface area contributed by atoms with Crippen molar-refractivity contribution in [3.8, 4) is 17.1 Å². The number of thioether (sulfide) groups is 1. The number of aryl methyl sites for hydroxylation is 1. The van der Waals surface area contributed by atoms with E-state index >= 15 is 0 Å². The number of carbonyl (C=O) groups excluding carboxylic acids is 1. The molecule has 0 bridgehead atoms. The highest BCUT2D eigenvalue weighted by Crippen LogP contribution is 2.44. The Bertz CT molecular complexity index is 1110. The zero-order valence-electron chi connectivity index (χ0n) is 16.9. The quantitative estimate of drug-likeness (QED) is 0.553. The largest absolute Gasteiger partial charge is 0.447 e. The van der Waals surface area contributed by atoms with Crippen molar-refractivity contribution in [3.05, 3.63) is 59.4 Å². The first-order valence-corrected chi connectivity index (χ1v) is 10.7. The SMILES string of the molecule is CCSc1nnc2c(n1)O[C@H](c1ccccc1C)N(C(=O)CC)c1ccc(F)cc1-2. The van der Waals surface area contributed by atoms with Crippen LogP contribution in [0.4, 0.5) is 10.1 Å². The third-order valence-corrected chi connectivity index (χ3v) is 5.59. The van der Waals surface area contributed by atoms with Gasteiger partial charge >= 0.3 is 0 Å². The van der Waals surface area contributed by atoms with E-state index in [1.165, 1.54) is 23.9 Å². The van der Waals surface area contributed by atoms with Gasteiger partial charge in [0, 0.05) is 17.5 Å². The molecule has 30 heavy (non-hydrogen) atoms. The Balaban J connectivity index is 1.99. The third kappa shape index (κ3) is 3.63. The minimum absolute atomic E-state index is 0.153. The molecule has 1 aliphatic heterocycles. The fourth-order valence-electron chi connectivity index (χ4n) is 3.43. The average molecular weight is 425 g/mol. The zero-order chi connectivity index (χ0) is 21.3. The number of benzene rings is 2. The average Bonchev–Trinajstić information content (AvgIpc) is 2.88. The van der Waals surface area contributed by atoms with Crippen LogP contribution in [0.5, 0.6) is 5.88 Å². The molecular formula is C22H21FN4O2S. The number of amides is 1. The number of fused-ring (bicyclic) bond motifs is 3. The Kier molecular flexibility index (Phi) is 5.67. The second kappa shape index (κ2) is 8.39. The van der Waals surface area contributed by atoms with Crippen LogP contribution in [0.25, 0.3) is 11.3 Å². The van der Waals surface area contributed by atoms with Crippen molar-refractivity contribution < 1.29 is 13.9 Å². The van der Waals surface area contributed by atoms with Crippen molar-refractivity contribution in [1.82, 2.24) is 15.2 Å². The fraction of sp³-hybridized carbons (Fsp3) is 0.273. The number of carbonyl (C=O) groups is 1. The first kappa shape index (κ1) is 20.3. The summed E-state index contributed by atoms with van der Waals surface area (Å²) >= 11 is 1.43. The monoisotopic (exact) mass is 424 g/mol. The third-order valence-electron chi connectivity index (χ3n) is 4.87. The first-order valence-electron chi connectivity index (χ1n) is 9.75. The number of hydrogen-bond donors (Lipinski definition) is 0. The van der Waals surface area contributed by atoms with Crippen LogP contribution in [0.2, 0.25) is 0 Å². The van der Waals surface area contributed by atoms with Gasteiger partial charge in [-0.2, -0.15) is 4.98 Å². The van der Waals surface area contributed by atoms with Gasteiger partial charge in [-0.1, -0.05) is 49.9 Å². The first-order chi connectivity index (χ1) is 14.5. The zero-order valence-corrected chi connectivity index (χ0v) is 17.7. The predicted molar refractivity (Wildman–Crippen MR) is 114 cm³/mol. The molecule has 0 N–H and O–H groups in total. The number of halogens is 1. The number of aromatic nitrogens is 3. The minimum atomic E-state index is -0.764. The number of ether oxygens (including phenoxy) is 1. The molecule has 4 rings (SSSR count). The van der Waals surface area contributed by atoms with Gasteiger partial charge < -0.3 is 4.74 Å². The number of rotatable bonds is 4. The molecule has 1 aromatic heterocycles. The molecule has 0 saturated heterocycles. The van der Waals surface area contributed by atoms with Gasteiger partial charge in [-0.25, -0.2) is 4.39 Å². The molecule has 0 saturated carbocycles. The van der Waals surface area contributed by atoms with Crippen LogP contribution >= 0.6 is 11.8 Å². The standard InChI is InChI=1S/C22H21FN4O2S/c1-4-18(28)27-17-11-10-14(23)12-16(17)19-20(24-22(26-25-19)30-5-2)29-21(27)15-9-7-6-8-13(15)3/h6-12,21H,4-5H2,1-3H3/t21-/m1/s1. The van der Waals surface area contributed by atoms with Crippen molar-refractivity contribution in [2.75, 3.05) is 10.7 Å². The molecule has 1 amide bonds. The van der Waals surface area contributed by atoms with Gasteiger partial charge in [-0.15, -0.1) is 10.2 Å². The summed E-state index contributed by atoms with van der Waals surface area (Å²) in [6.45, 7) is 5.73. The molecule has 0 aliphatic carbocycles. The van der Waals surface area contributed by atoms with Crippen LogP contribution in [0, 0.1) is 12.7 Å². The maximum absolute atomic E-state index is 14.2. The van der Waals surface area contributed by atoms with Gasteiger partial charge in [0.15, 0.2) is 5.69 Å². The smallest absolute Gasteiger partial charge is 0.247 e. The predicted octanol–water partition coefficient (Wildman–Crippen LogP) is 4.93. The highest BCUT2D eigenvalue weighted by molar-refractivity contribution is 7.99. The van der Waals surface area contributed by atoms with Gasteiger partial charge in [0.25, 0.3) is 0 Å². The van der Waals surface area contributed by atoms with Crippen LogP contribution in [0.1, 0.15) is 37.6 Å². The summed E-state index contributed by atoms with van der Waals surface area (Å²) in [6, 6.07) is 12.0. The lowest BCUT2D eigenvalue weighted by Gasteiger charge is -2.31. The Morgan fingerprint density at radius 2 is 2.00 bits per heavy atom. The maximum atomic E-state index is 14.2. The van der Waals surface area contributed by atoms with Crippen molar-refractivity contribution in [2.24, 2.45) is 0 Å². The van der Waals surface area contributed by atoms with Crippen molar-refractivity contribution in [1.29, 1.82) is 0 Å². The highest BCUT2D eigenvalue weighted by Gasteiger charge is 2.36. The van der Waals surface area contributed by atoms with E-state index in [0.29, 0.717) is 22.1 Å². The molecule has 0 spiro atoms. The summed E-state index contributed by atoms with van der Waals surface area (Å²) in [4.78, 5) is 19.2. The van der Waals surface area contributed by atoms with E-state index in [2.05, 4.69) is 15.2 Å². The number of nitrogens with zero attached hydrogens (tertiary/aromatic N) is 4. The van der Waals surface area contributed by atoms with E-state index in [4.69, 9.17) is 4.74 Å². The van der Waals surface area contributed by atoms with Crippen molar-refractivity contribution in [2.45, 2.75) is 38.6 Å². The lowest BCUT2D eigenvalue weighted by Crippen LogP contribution is -2.37. The molecule has 0 unspecified atom stereocenters. The fourth-order valence-corrected chi connectivity index (χ4v) is 3.94. The van der Waals surface area contributed by atoms with Crippen LogP contribution in [0.15, 0.2) is 47.6 Å². The summed E-state index contributed by atoms with van der Waals surface area (Å²) in [7, 11) is 0. The summed E-state index contributed by atoms with van der Waals surface area (Å²) in [5.74, 6) is 0.409. The van der Waals surface area contributed by atoms with Crippen LogP contribution < -0.4 is 9.64 Å².